The highest BCUT2D eigenvalue weighted by Gasteiger charge is 2.28. The van der Waals surface area contributed by atoms with Gasteiger partial charge in [0, 0.05) is 13.1 Å². The van der Waals surface area contributed by atoms with Crippen molar-refractivity contribution in [2.75, 3.05) is 20.2 Å². The lowest BCUT2D eigenvalue weighted by atomic mass is 10.0. The zero-order valence-corrected chi connectivity index (χ0v) is 14.8. The van der Waals surface area contributed by atoms with Gasteiger partial charge in [0.25, 0.3) is 0 Å². The van der Waals surface area contributed by atoms with E-state index in [9.17, 15) is 5.11 Å². The summed E-state index contributed by atoms with van der Waals surface area (Å²) in [5.41, 5.74) is 1.03. The second kappa shape index (κ2) is 7.50. The van der Waals surface area contributed by atoms with Crippen molar-refractivity contribution < 1.29 is 9.84 Å². The normalized spacial score (nSPS) is 12.4. The van der Waals surface area contributed by atoms with E-state index in [1.807, 2.05) is 36.4 Å². The summed E-state index contributed by atoms with van der Waals surface area (Å²) in [7, 11) is 1.64. The van der Waals surface area contributed by atoms with Crippen molar-refractivity contribution in [2.45, 2.75) is 6.04 Å². The third-order valence-electron chi connectivity index (χ3n) is 3.91. The predicted octanol–water partition coefficient (Wildman–Crippen LogP) is 3.27. The molecule has 0 spiro atoms. The Morgan fingerprint density at radius 3 is 2.52 bits per heavy atom. The van der Waals surface area contributed by atoms with Crippen LogP contribution in [0.25, 0.3) is 4.96 Å². The summed E-state index contributed by atoms with van der Waals surface area (Å²) in [4.78, 5) is 7.80. The van der Waals surface area contributed by atoms with Gasteiger partial charge in [-0.1, -0.05) is 35.6 Å². The molecule has 3 aromatic rings. The minimum absolute atomic E-state index is 0.108. The number of ether oxygens (including phenoxy) is 1. The predicted molar refractivity (Wildman–Crippen MR) is 99.3 cm³/mol. The second-order valence-electron chi connectivity index (χ2n) is 5.45. The molecule has 1 N–H and O–H groups in total. The molecule has 0 aliphatic rings. The molecule has 1 unspecified atom stereocenters. The van der Waals surface area contributed by atoms with Gasteiger partial charge in [-0.3, -0.25) is 4.90 Å². The van der Waals surface area contributed by atoms with Crippen LogP contribution in [0.5, 0.6) is 11.6 Å². The molecular formula is C18H20N4O2S. The highest BCUT2D eigenvalue weighted by Crippen LogP contribution is 2.39. The number of benzene rings is 1. The van der Waals surface area contributed by atoms with Gasteiger partial charge < -0.3 is 9.84 Å². The zero-order chi connectivity index (χ0) is 17.8. The van der Waals surface area contributed by atoms with Gasteiger partial charge in [0.05, 0.1) is 18.0 Å². The van der Waals surface area contributed by atoms with Crippen LogP contribution in [0.1, 0.15) is 16.5 Å². The Labute approximate surface area is 150 Å². The molecule has 0 bridgehead atoms. The van der Waals surface area contributed by atoms with Crippen LogP contribution in [0.2, 0.25) is 0 Å². The number of fused-ring (bicyclic) bond motifs is 1. The number of thiazole rings is 1. The number of aromatic hydroxyl groups is 1. The Morgan fingerprint density at radius 2 is 1.96 bits per heavy atom. The Hall–Kier alpha value is -2.64. The highest BCUT2D eigenvalue weighted by molar-refractivity contribution is 7.17. The van der Waals surface area contributed by atoms with E-state index >= 15 is 0 Å². The molecule has 0 saturated heterocycles. The van der Waals surface area contributed by atoms with Crippen LogP contribution in [0.4, 0.5) is 0 Å². The fraction of sp³-hybridized carbons (Fsp3) is 0.222. The molecule has 0 amide bonds. The molecule has 0 aliphatic carbocycles. The van der Waals surface area contributed by atoms with E-state index in [2.05, 4.69) is 28.1 Å². The smallest absolute Gasteiger partial charge is 0.230 e. The van der Waals surface area contributed by atoms with E-state index in [1.54, 1.807) is 7.11 Å². The van der Waals surface area contributed by atoms with Crippen molar-refractivity contribution in [3.8, 4) is 11.6 Å². The molecule has 25 heavy (non-hydrogen) atoms. The molecule has 0 radical (unpaired) electrons. The van der Waals surface area contributed by atoms with Gasteiger partial charge in [-0.05, 0) is 17.7 Å². The molecule has 0 saturated carbocycles. The molecule has 0 fully saturated rings. The lowest BCUT2D eigenvalue weighted by Crippen LogP contribution is -2.29. The third-order valence-corrected chi connectivity index (χ3v) is 5.00. The monoisotopic (exact) mass is 356 g/mol. The quantitative estimate of drug-likeness (QED) is 0.628. The van der Waals surface area contributed by atoms with E-state index in [1.165, 1.54) is 22.2 Å². The van der Waals surface area contributed by atoms with Gasteiger partial charge in [0.1, 0.15) is 12.1 Å². The van der Waals surface area contributed by atoms with Crippen LogP contribution >= 0.6 is 11.3 Å². The Balaban J connectivity index is 2.12. The first kappa shape index (κ1) is 17.2. The summed E-state index contributed by atoms with van der Waals surface area (Å²) in [6, 6.07) is 7.65. The molecule has 6 nitrogen and oxygen atoms in total. The number of nitrogens with zero attached hydrogens (tertiary/aromatic N) is 4. The van der Waals surface area contributed by atoms with Crippen LogP contribution in [0.15, 0.2) is 55.9 Å². The molecule has 0 aliphatic heterocycles. The summed E-state index contributed by atoms with van der Waals surface area (Å²) >= 11 is 1.42. The SMILES string of the molecule is C=CCN(CC=C)C(c1ccc(OC)cc1)c1sc2ncnn2c1O. The number of aromatic nitrogens is 3. The molecule has 7 heteroatoms. The fourth-order valence-corrected chi connectivity index (χ4v) is 3.89. The van der Waals surface area contributed by atoms with Crippen molar-refractivity contribution in [3.63, 3.8) is 0 Å². The van der Waals surface area contributed by atoms with Gasteiger partial charge in [-0.2, -0.15) is 9.61 Å². The molecule has 2 aromatic heterocycles. The lowest BCUT2D eigenvalue weighted by Gasteiger charge is -2.29. The Morgan fingerprint density at radius 1 is 1.28 bits per heavy atom. The maximum atomic E-state index is 10.7. The van der Waals surface area contributed by atoms with Crippen LogP contribution in [-0.4, -0.2) is 44.8 Å². The average molecular weight is 356 g/mol. The number of hydrogen-bond acceptors (Lipinski definition) is 6. The largest absolute Gasteiger partial charge is 0.497 e. The van der Waals surface area contributed by atoms with E-state index in [-0.39, 0.29) is 11.9 Å². The van der Waals surface area contributed by atoms with Crippen LogP contribution in [0, 0.1) is 0 Å². The molecule has 2 heterocycles. The second-order valence-corrected chi connectivity index (χ2v) is 6.46. The first-order valence-corrected chi connectivity index (χ1v) is 8.62. The first-order valence-electron chi connectivity index (χ1n) is 7.80. The zero-order valence-electron chi connectivity index (χ0n) is 14.0. The summed E-state index contributed by atoms with van der Waals surface area (Å²) in [5, 5.41) is 14.7. The van der Waals surface area contributed by atoms with E-state index in [0.717, 1.165) is 16.2 Å². The van der Waals surface area contributed by atoms with E-state index < -0.39 is 0 Å². The summed E-state index contributed by atoms with van der Waals surface area (Å²) in [6.07, 6.45) is 5.12. The van der Waals surface area contributed by atoms with Gasteiger partial charge in [-0.15, -0.1) is 13.2 Å². The van der Waals surface area contributed by atoms with Crippen LogP contribution in [-0.2, 0) is 0 Å². The van der Waals surface area contributed by atoms with Crippen molar-refractivity contribution in [1.82, 2.24) is 19.5 Å². The van der Waals surface area contributed by atoms with Gasteiger partial charge in [0.15, 0.2) is 0 Å². The number of hydrogen-bond donors (Lipinski definition) is 1. The third kappa shape index (κ3) is 3.29. The molecule has 1 atom stereocenters. The molecule has 130 valence electrons. The van der Waals surface area contributed by atoms with E-state index in [4.69, 9.17) is 4.74 Å². The van der Waals surface area contributed by atoms with Gasteiger partial charge >= 0.3 is 0 Å². The minimum Gasteiger partial charge on any atom is -0.497 e. The first-order chi connectivity index (χ1) is 12.2. The average Bonchev–Trinajstić information content (AvgIpc) is 3.20. The van der Waals surface area contributed by atoms with Crippen molar-refractivity contribution in [2.24, 2.45) is 0 Å². The van der Waals surface area contributed by atoms with E-state index in [0.29, 0.717) is 18.1 Å². The van der Waals surface area contributed by atoms with Gasteiger partial charge in [0.2, 0.25) is 10.8 Å². The standard InChI is InChI=1S/C18H20N4O2S/c1-4-10-21(11-5-2)15(13-6-8-14(24-3)9-7-13)16-17(23)22-18(25-16)19-12-20-22/h4-9,12,15,23H,1-2,10-11H2,3H3. The molecule has 1 aromatic carbocycles. The summed E-state index contributed by atoms with van der Waals surface area (Å²) < 4.78 is 6.71. The molecule has 3 rings (SSSR count). The maximum Gasteiger partial charge on any atom is 0.230 e. The number of methoxy groups -OCH3 is 1. The Bertz CT molecular complexity index is 859. The minimum atomic E-state index is -0.171. The van der Waals surface area contributed by atoms with Crippen molar-refractivity contribution >= 4 is 16.3 Å². The van der Waals surface area contributed by atoms with Crippen LogP contribution in [0.3, 0.4) is 0 Å². The maximum absolute atomic E-state index is 10.7. The van der Waals surface area contributed by atoms with Gasteiger partial charge in [-0.25, -0.2) is 4.98 Å². The fourth-order valence-electron chi connectivity index (χ4n) is 2.80. The highest BCUT2D eigenvalue weighted by atomic mass is 32.1. The Kier molecular flexibility index (Phi) is 5.16. The number of rotatable bonds is 8. The van der Waals surface area contributed by atoms with Crippen LogP contribution < -0.4 is 4.74 Å². The summed E-state index contributed by atoms with van der Waals surface area (Å²) in [6.45, 7) is 9.00. The van der Waals surface area contributed by atoms with Crippen molar-refractivity contribution in [1.29, 1.82) is 0 Å². The summed E-state index contributed by atoms with van der Waals surface area (Å²) in [5.74, 6) is 0.893. The lowest BCUT2D eigenvalue weighted by molar-refractivity contribution is 0.274. The topological polar surface area (TPSA) is 62.9 Å². The molecular weight excluding hydrogens is 336 g/mol. The van der Waals surface area contributed by atoms with Crippen molar-refractivity contribution in [3.05, 3.63) is 66.3 Å².